The summed E-state index contributed by atoms with van der Waals surface area (Å²) in [7, 11) is 2.07. The second-order valence-corrected chi connectivity index (χ2v) is 7.59. The third-order valence-electron chi connectivity index (χ3n) is 5.96. The smallest absolute Gasteiger partial charge is 0.225 e. The number of carbonyl (C=O) groups excluding carboxylic acids is 2. The Morgan fingerprint density at radius 1 is 1.11 bits per heavy atom. The highest BCUT2D eigenvalue weighted by Gasteiger charge is 2.30. The van der Waals surface area contributed by atoms with Gasteiger partial charge in [-0.05, 0) is 38.1 Å². The Kier molecular flexibility index (Phi) is 5.11. The Morgan fingerprint density at radius 2 is 1.81 bits per heavy atom. The molecule has 7 nitrogen and oxygen atoms in total. The number of imidazole rings is 1. The minimum atomic E-state index is 0.115. The van der Waals surface area contributed by atoms with E-state index in [2.05, 4.69) is 22.6 Å². The van der Waals surface area contributed by atoms with Crippen LogP contribution >= 0.6 is 0 Å². The van der Waals surface area contributed by atoms with Gasteiger partial charge in [0.25, 0.3) is 0 Å². The van der Waals surface area contributed by atoms with E-state index in [0.717, 1.165) is 55.7 Å². The van der Waals surface area contributed by atoms with E-state index >= 15 is 0 Å². The minimum Gasteiger partial charge on any atom is -0.342 e. The zero-order valence-electron chi connectivity index (χ0n) is 15.9. The van der Waals surface area contributed by atoms with Crippen LogP contribution in [0.5, 0.6) is 0 Å². The Morgan fingerprint density at radius 3 is 2.48 bits per heavy atom. The number of likely N-dealkylation sites (tertiary alicyclic amines) is 1. The number of aryl methyl sites for hydroxylation is 1. The quantitative estimate of drug-likeness (QED) is 0.757. The van der Waals surface area contributed by atoms with Crippen LogP contribution in [0.2, 0.25) is 0 Å². The lowest BCUT2D eigenvalue weighted by atomic mass is 9.95. The fourth-order valence-electron chi connectivity index (χ4n) is 4.18. The van der Waals surface area contributed by atoms with E-state index in [1.165, 1.54) is 0 Å². The van der Waals surface area contributed by atoms with E-state index < -0.39 is 0 Å². The van der Waals surface area contributed by atoms with Crippen molar-refractivity contribution >= 4 is 23.4 Å². The van der Waals surface area contributed by atoms with E-state index in [-0.39, 0.29) is 11.8 Å². The van der Waals surface area contributed by atoms with Crippen LogP contribution in [0.25, 0.3) is 11.0 Å². The molecule has 0 atom stereocenters. The lowest BCUT2D eigenvalue weighted by Gasteiger charge is -2.37. The van der Waals surface area contributed by atoms with Crippen molar-refractivity contribution in [1.29, 1.82) is 0 Å². The highest BCUT2D eigenvalue weighted by molar-refractivity contribution is 5.79. The van der Waals surface area contributed by atoms with Crippen molar-refractivity contribution in [3.8, 4) is 0 Å². The molecule has 4 rings (SSSR count). The van der Waals surface area contributed by atoms with Gasteiger partial charge in [0.1, 0.15) is 5.82 Å². The molecule has 1 aromatic heterocycles. The summed E-state index contributed by atoms with van der Waals surface area (Å²) >= 11 is 0. The van der Waals surface area contributed by atoms with E-state index in [4.69, 9.17) is 4.98 Å². The van der Waals surface area contributed by atoms with E-state index in [1.807, 2.05) is 23.1 Å². The molecule has 2 amide bonds. The van der Waals surface area contributed by atoms with Gasteiger partial charge in [0.05, 0.1) is 17.6 Å². The van der Waals surface area contributed by atoms with Crippen LogP contribution in [0.15, 0.2) is 24.3 Å². The predicted octanol–water partition coefficient (Wildman–Crippen LogP) is 1.09. The summed E-state index contributed by atoms with van der Waals surface area (Å²) in [6.45, 7) is 5.31. The Bertz CT molecular complexity index is 817. The molecule has 2 aromatic rings. The number of benzene rings is 1. The van der Waals surface area contributed by atoms with Gasteiger partial charge in [0, 0.05) is 39.1 Å². The standard InChI is InChI=1S/C20H27N5O2/c1-22-18-5-3-2-4-17(18)21-19(22)14-23-8-6-16(7-9-23)20(27)25-12-10-24(15-26)11-13-25/h2-5,15-16H,6-14H2,1H3. The van der Waals surface area contributed by atoms with E-state index in [1.54, 1.807) is 4.90 Å². The zero-order valence-corrected chi connectivity index (χ0v) is 15.9. The van der Waals surface area contributed by atoms with Crippen molar-refractivity contribution in [1.82, 2.24) is 24.3 Å². The Hall–Kier alpha value is -2.41. The van der Waals surface area contributed by atoms with Crippen molar-refractivity contribution in [2.45, 2.75) is 19.4 Å². The van der Waals surface area contributed by atoms with Gasteiger partial charge in [-0.2, -0.15) is 0 Å². The molecule has 0 N–H and O–H groups in total. The molecular formula is C20H27N5O2. The zero-order chi connectivity index (χ0) is 18.8. The number of nitrogens with zero attached hydrogens (tertiary/aromatic N) is 5. The average Bonchev–Trinajstić information content (AvgIpc) is 3.04. The molecule has 144 valence electrons. The molecule has 0 aliphatic carbocycles. The molecule has 2 saturated heterocycles. The third-order valence-corrected chi connectivity index (χ3v) is 5.96. The summed E-state index contributed by atoms with van der Waals surface area (Å²) < 4.78 is 2.17. The number of para-hydroxylation sites is 2. The number of hydrogen-bond acceptors (Lipinski definition) is 4. The first-order chi connectivity index (χ1) is 13.2. The van der Waals surface area contributed by atoms with Gasteiger partial charge in [-0.3, -0.25) is 14.5 Å². The van der Waals surface area contributed by atoms with Gasteiger partial charge in [-0.15, -0.1) is 0 Å². The molecule has 27 heavy (non-hydrogen) atoms. The van der Waals surface area contributed by atoms with Crippen LogP contribution in [-0.4, -0.2) is 75.8 Å². The van der Waals surface area contributed by atoms with Gasteiger partial charge in [-0.25, -0.2) is 4.98 Å². The normalized spacial score (nSPS) is 19.6. The molecule has 0 spiro atoms. The number of amides is 2. The molecule has 0 unspecified atom stereocenters. The number of rotatable bonds is 4. The van der Waals surface area contributed by atoms with Crippen molar-refractivity contribution in [2.24, 2.45) is 13.0 Å². The molecule has 2 fully saturated rings. The molecule has 0 bridgehead atoms. The maximum Gasteiger partial charge on any atom is 0.225 e. The average molecular weight is 369 g/mol. The van der Waals surface area contributed by atoms with Crippen molar-refractivity contribution in [2.75, 3.05) is 39.3 Å². The first kappa shape index (κ1) is 18.0. The summed E-state index contributed by atoms with van der Waals surface area (Å²) in [6, 6.07) is 8.21. The summed E-state index contributed by atoms with van der Waals surface area (Å²) in [5, 5.41) is 0. The van der Waals surface area contributed by atoms with E-state index in [0.29, 0.717) is 26.2 Å². The van der Waals surface area contributed by atoms with Gasteiger partial charge < -0.3 is 14.4 Å². The summed E-state index contributed by atoms with van der Waals surface area (Å²) in [6.07, 6.45) is 2.68. The van der Waals surface area contributed by atoms with Crippen molar-refractivity contribution < 1.29 is 9.59 Å². The SMILES string of the molecule is Cn1c(CN2CCC(C(=O)N3CCN(C=O)CC3)CC2)nc2ccccc21. The van der Waals surface area contributed by atoms with Gasteiger partial charge in [0.15, 0.2) is 0 Å². The van der Waals surface area contributed by atoms with Crippen LogP contribution in [0.3, 0.4) is 0 Å². The van der Waals surface area contributed by atoms with Crippen LogP contribution in [0, 0.1) is 5.92 Å². The molecule has 2 aliphatic rings. The molecular weight excluding hydrogens is 342 g/mol. The topological polar surface area (TPSA) is 61.7 Å². The molecule has 3 heterocycles. The monoisotopic (exact) mass is 369 g/mol. The Balaban J connectivity index is 1.31. The molecule has 0 saturated carbocycles. The predicted molar refractivity (Wildman–Crippen MR) is 103 cm³/mol. The van der Waals surface area contributed by atoms with Crippen LogP contribution < -0.4 is 0 Å². The summed E-state index contributed by atoms with van der Waals surface area (Å²) in [5.41, 5.74) is 2.20. The van der Waals surface area contributed by atoms with Crippen LogP contribution in [0.1, 0.15) is 18.7 Å². The number of piperidine rings is 1. The lowest BCUT2D eigenvalue weighted by Crippen LogP contribution is -2.51. The molecule has 1 aromatic carbocycles. The third kappa shape index (κ3) is 3.69. The maximum atomic E-state index is 12.8. The first-order valence-corrected chi connectivity index (χ1v) is 9.76. The fourth-order valence-corrected chi connectivity index (χ4v) is 4.18. The second-order valence-electron chi connectivity index (χ2n) is 7.59. The first-order valence-electron chi connectivity index (χ1n) is 9.76. The molecule has 2 aliphatic heterocycles. The number of carbonyl (C=O) groups is 2. The highest BCUT2D eigenvalue weighted by atomic mass is 16.2. The van der Waals surface area contributed by atoms with Crippen LogP contribution in [-0.2, 0) is 23.2 Å². The van der Waals surface area contributed by atoms with Crippen molar-refractivity contribution in [3.63, 3.8) is 0 Å². The number of piperazine rings is 1. The van der Waals surface area contributed by atoms with Crippen molar-refractivity contribution in [3.05, 3.63) is 30.1 Å². The van der Waals surface area contributed by atoms with Gasteiger partial charge >= 0.3 is 0 Å². The molecule has 0 radical (unpaired) electrons. The second kappa shape index (κ2) is 7.68. The Labute approximate surface area is 159 Å². The summed E-state index contributed by atoms with van der Waals surface area (Å²) in [4.78, 5) is 34.4. The molecule has 7 heteroatoms. The summed E-state index contributed by atoms with van der Waals surface area (Å²) in [5.74, 6) is 1.46. The minimum absolute atomic E-state index is 0.115. The maximum absolute atomic E-state index is 12.8. The van der Waals surface area contributed by atoms with Gasteiger partial charge in [0.2, 0.25) is 12.3 Å². The number of hydrogen-bond donors (Lipinski definition) is 0. The lowest BCUT2D eigenvalue weighted by molar-refractivity contribution is -0.140. The number of fused-ring (bicyclic) bond motifs is 1. The van der Waals surface area contributed by atoms with E-state index in [9.17, 15) is 9.59 Å². The largest absolute Gasteiger partial charge is 0.342 e. The van der Waals surface area contributed by atoms with Crippen LogP contribution in [0.4, 0.5) is 0 Å². The number of aromatic nitrogens is 2. The highest BCUT2D eigenvalue weighted by Crippen LogP contribution is 2.23. The fraction of sp³-hybridized carbons (Fsp3) is 0.550. The van der Waals surface area contributed by atoms with Gasteiger partial charge in [-0.1, -0.05) is 12.1 Å².